The van der Waals surface area contributed by atoms with Crippen molar-refractivity contribution in [1.82, 2.24) is 20.0 Å². The van der Waals surface area contributed by atoms with Gasteiger partial charge in [-0.25, -0.2) is 4.98 Å². The normalized spacial score (nSPS) is 10.7. The summed E-state index contributed by atoms with van der Waals surface area (Å²) in [6, 6.07) is 15.1. The molecule has 0 fully saturated rings. The average Bonchev–Trinajstić information content (AvgIpc) is 3.07. The molecule has 0 radical (unpaired) electrons. The quantitative estimate of drug-likeness (QED) is 0.644. The van der Waals surface area contributed by atoms with Gasteiger partial charge < -0.3 is 10.6 Å². The summed E-state index contributed by atoms with van der Waals surface area (Å²) in [6.45, 7) is 3.06. The molecule has 134 valence electrons. The van der Waals surface area contributed by atoms with E-state index in [0.29, 0.717) is 18.6 Å². The SMILES string of the molecule is CCCCNC(=O)c1nc(C(=O)NCc2ccccc2)n2ccccc12. The Morgan fingerprint density at radius 2 is 1.77 bits per heavy atom. The topological polar surface area (TPSA) is 75.5 Å². The Balaban J connectivity index is 1.81. The predicted molar refractivity (Wildman–Crippen MR) is 100 cm³/mol. The highest BCUT2D eigenvalue weighted by Crippen LogP contribution is 2.13. The van der Waals surface area contributed by atoms with Gasteiger partial charge >= 0.3 is 0 Å². The molecule has 1 aromatic carbocycles. The molecule has 6 heteroatoms. The lowest BCUT2D eigenvalue weighted by Crippen LogP contribution is -2.26. The molecule has 26 heavy (non-hydrogen) atoms. The molecule has 0 aliphatic carbocycles. The molecule has 6 nitrogen and oxygen atoms in total. The summed E-state index contributed by atoms with van der Waals surface area (Å²) in [5.41, 5.74) is 1.89. The zero-order valence-electron chi connectivity index (χ0n) is 14.7. The van der Waals surface area contributed by atoms with Crippen LogP contribution in [0.4, 0.5) is 0 Å². The first kappa shape index (κ1) is 17.7. The van der Waals surface area contributed by atoms with Crippen LogP contribution in [0.3, 0.4) is 0 Å². The zero-order valence-corrected chi connectivity index (χ0v) is 14.7. The zero-order chi connectivity index (χ0) is 18.4. The van der Waals surface area contributed by atoms with Crippen LogP contribution in [0.1, 0.15) is 46.4 Å². The molecular weight excluding hydrogens is 328 g/mol. The maximum Gasteiger partial charge on any atom is 0.287 e. The number of unbranched alkanes of at least 4 members (excludes halogenated alkanes) is 1. The molecule has 0 aliphatic rings. The summed E-state index contributed by atoms with van der Waals surface area (Å²) in [4.78, 5) is 29.4. The van der Waals surface area contributed by atoms with Crippen molar-refractivity contribution in [2.24, 2.45) is 0 Å². The number of aromatic nitrogens is 2. The fourth-order valence-corrected chi connectivity index (χ4v) is 2.68. The summed E-state index contributed by atoms with van der Waals surface area (Å²) in [5.74, 6) is -0.371. The second kappa shape index (κ2) is 8.29. The highest BCUT2D eigenvalue weighted by Gasteiger charge is 2.20. The lowest BCUT2D eigenvalue weighted by molar-refractivity contribution is 0.0940. The monoisotopic (exact) mass is 350 g/mol. The fraction of sp³-hybridized carbons (Fsp3) is 0.250. The molecule has 0 unspecified atom stereocenters. The molecule has 0 aliphatic heterocycles. The van der Waals surface area contributed by atoms with Crippen LogP contribution >= 0.6 is 0 Å². The van der Waals surface area contributed by atoms with Crippen molar-refractivity contribution in [3.8, 4) is 0 Å². The van der Waals surface area contributed by atoms with Crippen molar-refractivity contribution in [3.05, 3.63) is 71.8 Å². The van der Waals surface area contributed by atoms with Crippen LogP contribution < -0.4 is 10.6 Å². The van der Waals surface area contributed by atoms with Crippen molar-refractivity contribution < 1.29 is 9.59 Å². The lowest BCUT2D eigenvalue weighted by atomic mass is 10.2. The van der Waals surface area contributed by atoms with E-state index in [2.05, 4.69) is 22.5 Å². The van der Waals surface area contributed by atoms with Gasteiger partial charge in [0.25, 0.3) is 11.8 Å². The first-order chi connectivity index (χ1) is 12.7. The standard InChI is InChI=1S/C20H22N4O2/c1-2-3-12-21-19(25)17-16-11-7-8-13-24(16)18(23-17)20(26)22-14-15-9-5-4-6-10-15/h4-11,13H,2-3,12,14H2,1H3,(H,21,25)(H,22,26). The fourth-order valence-electron chi connectivity index (χ4n) is 2.68. The number of amides is 2. The number of carbonyl (C=O) groups is 2. The van der Waals surface area contributed by atoms with E-state index in [0.717, 1.165) is 18.4 Å². The molecule has 3 rings (SSSR count). The van der Waals surface area contributed by atoms with Crippen LogP contribution in [0, 0.1) is 0 Å². The second-order valence-electron chi connectivity index (χ2n) is 6.02. The number of hydrogen-bond acceptors (Lipinski definition) is 3. The third-order valence-electron chi connectivity index (χ3n) is 4.08. The number of nitrogens with zero attached hydrogens (tertiary/aromatic N) is 2. The highest BCUT2D eigenvalue weighted by atomic mass is 16.2. The average molecular weight is 350 g/mol. The van der Waals surface area contributed by atoms with Crippen molar-refractivity contribution in [1.29, 1.82) is 0 Å². The van der Waals surface area contributed by atoms with Crippen molar-refractivity contribution in [3.63, 3.8) is 0 Å². The van der Waals surface area contributed by atoms with Crippen molar-refractivity contribution >= 4 is 17.3 Å². The molecule has 2 amide bonds. The highest BCUT2D eigenvalue weighted by molar-refractivity contribution is 6.02. The lowest BCUT2D eigenvalue weighted by Gasteiger charge is -2.04. The van der Waals surface area contributed by atoms with E-state index >= 15 is 0 Å². The molecule has 3 aromatic rings. The molecule has 2 heterocycles. The van der Waals surface area contributed by atoms with E-state index < -0.39 is 0 Å². The van der Waals surface area contributed by atoms with E-state index in [1.165, 1.54) is 0 Å². The van der Waals surface area contributed by atoms with Crippen LogP contribution in [-0.2, 0) is 6.54 Å². The van der Waals surface area contributed by atoms with Crippen LogP contribution in [0.5, 0.6) is 0 Å². The Kier molecular flexibility index (Phi) is 5.63. The molecule has 0 saturated carbocycles. The third-order valence-corrected chi connectivity index (χ3v) is 4.08. The van der Waals surface area contributed by atoms with Crippen LogP contribution in [-0.4, -0.2) is 27.7 Å². The molecular formula is C20H22N4O2. The maximum atomic E-state index is 12.6. The number of nitrogens with one attached hydrogen (secondary N) is 2. The number of carbonyl (C=O) groups excluding carboxylic acids is 2. The summed E-state index contributed by atoms with van der Waals surface area (Å²) < 4.78 is 1.65. The van der Waals surface area contributed by atoms with Gasteiger partial charge in [-0.3, -0.25) is 14.0 Å². The third kappa shape index (κ3) is 3.91. The van der Waals surface area contributed by atoms with E-state index in [-0.39, 0.29) is 23.3 Å². The minimum atomic E-state index is -0.317. The number of imidazole rings is 1. The summed E-state index contributed by atoms with van der Waals surface area (Å²) in [5, 5.41) is 5.71. The number of benzene rings is 1. The summed E-state index contributed by atoms with van der Waals surface area (Å²) >= 11 is 0. The van der Waals surface area contributed by atoms with Gasteiger partial charge in [-0.1, -0.05) is 49.7 Å². The first-order valence-corrected chi connectivity index (χ1v) is 8.78. The Hall–Kier alpha value is -3.15. The summed E-state index contributed by atoms with van der Waals surface area (Å²) in [7, 11) is 0. The van der Waals surface area contributed by atoms with Gasteiger partial charge in [0.05, 0.1) is 5.52 Å². The Bertz CT molecular complexity index is 903. The van der Waals surface area contributed by atoms with Gasteiger partial charge in [-0.15, -0.1) is 0 Å². The van der Waals surface area contributed by atoms with Gasteiger partial charge in [0.15, 0.2) is 5.69 Å². The van der Waals surface area contributed by atoms with Crippen LogP contribution in [0.15, 0.2) is 54.7 Å². The summed E-state index contributed by atoms with van der Waals surface area (Å²) in [6.07, 6.45) is 3.64. The van der Waals surface area contributed by atoms with E-state index in [9.17, 15) is 9.59 Å². The Morgan fingerprint density at radius 1 is 1.00 bits per heavy atom. The molecule has 0 atom stereocenters. The predicted octanol–water partition coefficient (Wildman–Crippen LogP) is 2.79. The Labute approximate surface area is 152 Å². The molecule has 2 aromatic heterocycles. The van der Waals surface area contributed by atoms with Gasteiger partial charge in [0.1, 0.15) is 0 Å². The van der Waals surface area contributed by atoms with Crippen molar-refractivity contribution in [2.45, 2.75) is 26.3 Å². The van der Waals surface area contributed by atoms with E-state index in [1.807, 2.05) is 36.4 Å². The first-order valence-electron chi connectivity index (χ1n) is 8.78. The second-order valence-corrected chi connectivity index (χ2v) is 6.02. The van der Waals surface area contributed by atoms with Crippen LogP contribution in [0.25, 0.3) is 5.52 Å². The maximum absolute atomic E-state index is 12.6. The molecule has 0 bridgehead atoms. The van der Waals surface area contributed by atoms with Crippen molar-refractivity contribution in [2.75, 3.05) is 6.54 Å². The van der Waals surface area contributed by atoms with Crippen LogP contribution in [0.2, 0.25) is 0 Å². The van der Waals surface area contributed by atoms with E-state index in [4.69, 9.17) is 0 Å². The minimum absolute atomic E-state index is 0.206. The van der Waals surface area contributed by atoms with E-state index in [1.54, 1.807) is 22.7 Å². The van der Waals surface area contributed by atoms with Gasteiger partial charge in [-0.05, 0) is 24.1 Å². The molecule has 2 N–H and O–H groups in total. The molecule has 0 spiro atoms. The smallest absolute Gasteiger partial charge is 0.287 e. The number of pyridine rings is 1. The minimum Gasteiger partial charge on any atom is -0.351 e. The van der Waals surface area contributed by atoms with Gasteiger partial charge in [0.2, 0.25) is 5.82 Å². The number of rotatable bonds is 7. The van der Waals surface area contributed by atoms with Gasteiger partial charge in [-0.2, -0.15) is 0 Å². The number of hydrogen-bond donors (Lipinski definition) is 2. The number of fused-ring (bicyclic) bond motifs is 1. The Morgan fingerprint density at radius 3 is 2.54 bits per heavy atom. The van der Waals surface area contributed by atoms with Gasteiger partial charge in [0, 0.05) is 19.3 Å². The molecule has 0 saturated heterocycles. The largest absolute Gasteiger partial charge is 0.351 e.